The van der Waals surface area contributed by atoms with Crippen LogP contribution in [0.4, 0.5) is 5.00 Å². The van der Waals surface area contributed by atoms with Crippen molar-refractivity contribution in [2.75, 3.05) is 5.73 Å². The van der Waals surface area contributed by atoms with E-state index in [2.05, 4.69) is 0 Å². The van der Waals surface area contributed by atoms with Gasteiger partial charge in [-0.3, -0.25) is 4.79 Å². The molecule has 4 heteroatoms. The molecule has 0 unspecified atom stereocenters. The summed E-state index contributed by atoms with van der Waals surface area (Å²) in [5, 5.41) is 10.7. The van der Waals surface area contributed by atoms with Crippen LogP contribution in [0.1, 0.15) is 10.4 Å². The Morgan fingerprint density at radius 2 is 2.23 bits per heavy atom. The standard InChI is InChI=1S/C9H7NO2S/c10-8-3-6-7(12)2-1-5(4-11)9(6)13-8/h1-4,12H,10H2. The maximum Gasteiger partial charge on any atom is 0.151 e. The van der Waals surface area contributed by atoms with Crippen molar-refractivity contribution in [3.8, 4) is 5.75 Å². The summed E-state index contributed by atoms with van der Waals surface area (Å²) in [6.07, 6.45) is 0.762. The van der Waals surface area contributed by atoms with E-state index < -0.39 is 0 Å². The lowest BCUT2D eigenvalue weighted by atomic mass is 10.1. The van der Waals surface area contributed by atoms with Gasteiger partial charge in [0.2, 0.25) is 0 Å². The fourth-order valence-corrected chi connectivity index (χ4v) is 2.16. The van der Waals surface area contributed by atoms with Crippen molar-refractivity contribution >= 4 is 32.7 Å². The maximum absolute atomic E-state index is 10.6. The highest BCUT2D eigenvalue weighted by atomic mass is 32.1. The van der Waals surface area contributed by atoms with E-state index in [1.165, 1.54) is 17.4 Å². The summed E-state index contributed by atoms with van der Waals surface area (Å²) in [4.78, 5) is 10.6. The van der Waals surface area contributed by atoms with Crippen LogP contribution in [0.2, 0.25) is 0 Å². The number of benzene rings is 1. The molecule has 0 atom stereocenters. The molecule has 2 aromatic rings. The maximum atomic E-state index is 10.6. The zero-order valence-corrected chi connectivity index (χ0v) is 7.47. The Bertz CT molecular complexity index is 476. The van der Waals surface area contributed by atoms with Crippen molar-refractivity contribution in [1.82, 2.24) is 0 Å². The van der Waals surface area contributed by atoms with E-state index in [1.807, 2.05) is 0 Å². The average molecular weight is 193 g/mol. The molecule has 13 heavy (non-hydrogen) atoms. The molecule has 0 saturated carbocycles. The molecule has 66 valence electrons. The SMILES string of the molecule is Nc1cc2c(O)ccc(C=O)c2s1. The second-order valence-electron chi connectivity index (χ2n) is 2.68. The molecular formula is C9H7NO2S. The summed E-state index contributed by atoms with van der Waals surface area (Å²) in [6.45, 7) is 0. The van der Waals surface area contributed by atoms with E-state index in [-0.39, 0.29) is 5.75 Å². The lowest BCUT2D eigenvalue weighted by Crippen LogP contribution is -1.78. The predicted octanol–water partition coefficient (Wildman–Crippen LogP) is 2.00. The second-order valence-corrected chi connectivity index (χ2v) is 3.77. The first-order chi connectivity index (χ1) is 6.22. The van der Waals surface area contributed by atoms with Gasteiger partial charge in [-0.15, -0.1) is 11.3 Å². The Morgan fingerprint density at radius 3 is 2.92 bits per heavy atom. The topological polar surface area (TPSA) is 63.3 Å². The largest absolute Gasteiger partial charge is 0.507 e. The van der Waals surface area contributed by atoms with Gasteiger partial charge in [0.15, 0.2) is 6.29 Å². The molecular weight excluding hydrogens is 186 g/mol. The lowest BCUT2D eigenvalue weighted by molar-refractivity contribution is 0.112. The van der Waals surface area contributed by atoms with Gasteiger partial charge in [0, 0.05) is 10.9 Å². The van der Waals surface area contributed by atoms with Crippen molar-refractivity contribution in [3.05, 3.63) is 23.8 Å². The number of anilines is 1. The van der Waals surface area contributed by atoms with Gasteiger partial charge in [-0.2, -0.15) is 0 Å². The fraction of sp³-hybridized carbons (Fsp3) is 0. The summed E-state index contributed by atoms with van der Waals surface area (Å²) in [6, 6.07) is 4.75. The number of thiophene rings is 1. The molecule has 1 heterocycles. The average Bonchev–Trinajstić information content (AvgIpc) is 2.48. The third kappa shape index (κ3) is 1.15. The van der Waals surface area contributed by atoms with Crippen molar-refractivity contribution in [3.63, 3.8) is 0 Å². The van der Waals surface area contributed by atoms with E-state index in [1.54, 1.807) is 12.1 Å². The van der Waals surface area contributed by atoms with Crippen LogP contribution in [0.3, 0.4) is 0 Å². The molecule has 0 fully saturated rings. The number of nitrogen functional groups attached to an aromatic ring is 1. The first kappa shape index (κ1) is 8.07. The minimum atomic E-state index is 0.161. The predicted molar refractivity (Wildman–Crippen MR) is 53.3 cm³/mol. The molecule has 1 aromatic carbocycles. The number of nitrogens with two attached hydrogens (primary N) is 1. The Kier molecular flexibility index (Phi) is 1.70. The van der Waals surface area contributed by atoms with Crippen LogP contribution in [0.25, 0.3) is 10.1 Å². The van der Waals surface area contributed by atoms with Gasteiger partial charge in [0.25, 0.3) is 0 Å². The number of phenols is 1. The number of hydrogen-bond acceptors (Lipinski definition) is 4. The van der Waals surface area contributed by atoms with E-state index in [0.29, 0.717) is 16.0 Å². The van der Waals surface area contributed by atoms with Crippen molar-refractivity contribution in [2.24, 2.45) is 0 Å². The van der Waals surface area contributed by atoms with Crippen LogP contribution in [0.15, 0.2) is 18.2 Å². The minimum absolute atomic E-state index is 0.161. The van der Waals surface area contributed by atoms with Crippen molar-refractivity contribution in [1.29, 1.82) is 0 Å². The van der Waals surface area contributed by atoms with Crippen molar-refractivity contribution in [2.45, 2.75) is 0 Å². The molecule has 3 nitrogen and oxygen atoms in total. The molecule has 0 spiro atoms. The normalized spacial score (nSPS) is 10.5. The van der Waals surface area contributed by atoms with E-state index >= 15 is 0 Å². The number of carbonyl (C=O) groups is 1. The summed E-state index contributed by atoms with van der Waals surface area (Å²) >= 11 is 1.30. The Balaban J connectivity index is 2.91. The Labute approximate surface area is 78.4 Å². The molecule has 3 N–H and O–H groups in total. The third-order valence-corrected chi connectivity index (χ3v) is 2.85. The number of hydrogen-bond donors (Lipinski definition) is 2. The molecule has 0 aliphatic carbocycles. The third-order valence-electron chi connectivity index (χ3n) is 1.84. The van der Waals surface area contributed by atoms with Gasteiger partial charge in [0.05, 0.1) is 9.70 Å². The van der Waals surface area contributed by atoms with Crippen molar-refractivity contribution < 1.29 is 9.90 Å². The first-order valence-corrected chi connectivity index (χ1v) is 4.50. The van der Waals surface area contributed by atoms with Crippen LogP contribution >= 0.6 is 11.3 Å². The molecule has 2 rings (SSSR count). The first-order valence-electron chi connectivity index (χ1n) is 3.68. The highest BCUT2D eigenvalue weighted by Crippen LogP contribution is 2.35. The van der Waals surface area contributed by atoms with Crippen LogP contribution < -0.4 is 5.73 Å². The summed E-state index contributed by atoms with van der Waals surface area (Å²) in [5.74, 6) is 0.161. The number of phenolic OH excluding ortho intramolecular Hbond substituents is 1. The Hall–Kier alpha value is -1.55. The van der Waals surface area contributed by atoms with Gasteiger partial charge in [-0.1, -0.05) is 0 Å². The minimum Gasteiger partial charge on any atom is -0.507 e. The summed E-state index contributed by atoms with van der Waals surface area (Å²) in [7, 11) is 0. The number of aromatic hydroxyl groups is 1. The van der Waals surface area contributed by atoms with Crippen LogP contribution in [0, 0.1) is 0 Å². The smallest absolute Gasteiger partial charge is 0.151 e. The van der Waals surface area contributed by atoms with Crippen LogP contribution in [-0.4, -0.2) is 11.4 Å². The highest BCUT2D eigenvalue weighted by Gasteiger charge is 2.07. The fourth-order valence-electron chi connectivity index (χ4n) is 1.24. The van der Waals surface area contributed by atoms with Crippen LogP contribution in [0.5, 0.6) is 5.75 Å². The number of rotatable bonds is 1. The number of fused-ring (bicyclic) bond motifs is 1. The zero-order valence-electron chi connectivity index (χ0n) is 6.65. The molecule has 0 amide bonds. The molecule has 0 aliphatic heterocycles. The van der Waals surface area contributed by atoms with E-state index in [9.17, 15) is 9.90 Å². The molecule has 0 saturated heterocycles. The molecule has 1 aromatic heterocycles. The van der Waals surface area contributed by atoms with Gasteiger partial charge in [-0.25, -0.2) is 0 Å². The highest BCUT2D eigenvalue weighted by molar-refractivity contribution is 7.23. The second kappa shape index (κ2) is 2.74. The molecule has 0 aliphatic rings. The number of carbonyl (C=O) groups excluding carboxylic acids is 1. The quantitative estimate of drug-likeness (QED) is 0.681. The van der Waals surface area contributed by atoms with Gasteiger partial charge in [-0.05, 0) is 18.2 Å². The van der Waals surface area contributed by atoms with Gasteiger partial charge >= 0.3 is 0 Å². The molecule has 0 bridgehead atoms. The summed E-state index contributed by atoms with van der Waals surface area (Å²) < 4.78 is 0.743. The van der Waals surface area contributed by atoms with Gasteiger partial charge < -0.3 is 10.8 Å². The van der Waals surface area contributed by atoms with Gasteiger partial charge in [0.1, 0.15) is 5.75 Å². The van der Waals surface area contributed by atoms with E-state index in [0.717, 1.165) is 11.0 Å². The Morgan fingerprint density at radius 1 is 1.46 bits per heavy atom. The monoisotopic (exact) mass is 193 g/mol. The summed E-state index contributed by atoms with van der Waals surface area (Å²) in [5.41, 5.74) is 6.14. The zero-order chi connectivity index (χ0) is 9.42. The van der Waals surface area contributed by atoms with Crippen LogP contribution in [-0.2, 0) is 0 Å². The number of aldehydes is 1. The molecule has 0 radical (unpaired) electrons. The lowest BCUT2D eigenvalue weighted by Gasteiger charge is -1.95. The van der Waals surface area contributed by atoms with E-state index in [4.69, 9.17) is 5.73 Å².